The third-order valence-corrected chi connectivity index (χ3v) is 5.98. The first-order chi connectivity index (χ1) is 14.2. The SMILES string of the molecule is CC[C@@H]1CCC[N+]2=C1c1[nH]c3ccccc3c1C(CCC(=O)OC)C2.[O-][Cl+3]([O-])([O-])[O-]. The Bertz CT molecular complexity index is 927. The van der Waals surface area contributed by atoms with Crippen LogP contribution in [-0.4, -0.2) is 41.4 Å². The van der Waals surface area contributed by atoms with Crippen LogP contribution < -0.4 is 18.6 Å². The van der Waals surface area contributed by atoms with Gasteiger partial charge in [0.05, 0.1) is 7.11 Å². The fraction of sp³-hybridized carbons (Fsp3) is 0.524. The third-order valence-electron chi connectivity index (χ3n) is 5.98. The van der Waals surface area contributed by atoms with E-state index >= 15 is 0 Å². The molecule has 0 saturated heterocycles. The van der Waals surface area contributed by atoms with Crippen LogP contribution in [0, 0.1) is 16.2 Å². The summed E-state index contributed by atoms with van der Waals surface area (Å²) in [6, 6.07) is 8.59. The van der Waals surface area contributed by atoms with Gasteiger partial charge in [0, 0.05) is 41.1 Å². The molecule has 9 heteroatoms. The van der Waals surface area contributed by atoms with Gasteiger partial charge in [-0.15, -0.1) is 10.2 Å². The second kappa shape index (κ2) is 9.45. The highest BCUT2D eigenvalue weighted by Gasteiger charge is 2.40. The molecule has 0 radical (unpaired) electrons. The molecule has 0 spiro atoms. The molecule has 2 aliphatic heterocycles. The smallest absolute Gasteiger partial charge is 0.305 e. The van der Waals surface area contributed by atoms with Gasteiger partial charge in [0.15, 0.2) is 0 Å². The lowest BCUT2D eigenvalue weighted by atomic mass is 9.81. The Morgan fingerprint density at radius 1 is 1.23 bits per heavy atom. The molecule has 3 heterocycles. The van der Waals surface area contributed by atoms with Crippen LogP contribution in [-0.2, 0) is 9.53 Å². The number of esters is 1. The van der Waals surface area contributed by atoms with E-state index in [1.54, 1.807) is 0 Å². The Morgan fingerprint density at radius 2 is 1.93 bits per heavy atom. The summed E-state index contributed by atoms with van der Waals surface area (Å²) in [7, 11) is -3.47. The van der Waals surface area contributed by atoms with E-state index in [0.717, 1.165) is 19.5 Å². The number of nitrogens with zero attached hydrogens (tertiary/aromatic N) is 1. The first-order valence-corrected chi connectivity index (χ1v) is 11.4. The summed E-state index contributed by atoms with van der Waals surface area (Å²) in [5.74, 6) is 0.910. The fourth-order valence-electron chi connectivity index (χ4n) is 4.77. The van der Waals surface area contributed by atoms with Gasteiger partial charge in [-0.25, -0.2) is 23.2 Å². The molecule has 1 aromatic heterocycles. The fourth-order valence-corrected chi connectivity index (χ4v) is 4.77. The van der Waals surface area contributed by atoms with Gasteiger partial charge >= 0.3 is 5.97 Å². The molecule has 0 saturated carbocycles. The normalized spacial score (nSPS) is 20.9. The highest BCUT2D eigenvalue weighted by Crippen LogP contribution is 2.39. The van der Waals surface area contributed by atoms with Crippen LogP contribution in [0.15, 0.2) is 24.3 Å². The van der Waals surface area contributed by atoms with Crippen LogP contribution in [0.5, 0.6) is 0 Å². The van der Waals surface area contributed by atoms with E-state index < -0.39 is 10.2 Å². The van der Waals surface area contributed by atoms with Crippen molar-refractivity contribution in [3.8, 4) is 0 Å². The summed E-state index contributed by atoms with van der Waals surface area (Å²) in [4.78, 5) is 15.4. The van der Waals surface area contributed by atoms with Gasteiger partial charge in [-0.1, -0.05) is 25.1 Å². The minimum absolute atomic E-state index is 0.110. The Kier molecular flexibility index (Phi) is 7.15. The predicted octanol–water partition coefficient (Wildman–Crippen LogP) is -0.916. The number of nitrogens with one attached hydrogen (secondary N) is 1. The maximum atomic E-state index is 11.7. The van der Waals surface area contributed by atoms with E-state index in [1.807, 2.05) is 0 Å². The van der Waals surface area contributed by atoms with E-state index in [2.05, 4.69) is 40.7 Å². The number of hydrogen-bond acceptors (Lipinski definition) is 6. The van der Waals surface area contributed by atoms with Crippen molar-refractivity contribution >= 4 is 22.6 Å². The van der Waals surface area contributed by atoms with Crippen molar-refractivity contribution in [2.45, 2.75) is 44.9 Å². The van der Waals surface area contributed by atoms with Crippen molar-refractivity contribution in [2.75, 3.05) is 20.2 Å². The molecule has 4 rings (SSSR count). The van der Waals surface area contributed by atoms with Crippen molar-refractivity contribution in [1.29, 1.82) is 0 Å². The number of carbonyl (C=O) groups is 1. The van der Waals surface area contributed by atoms with Gasteiger partial charge < -0.3 is 9.72 Å². The molecule has 8 nitrogen and oxygen atoms in total. The summed E-state index contributed by atoms with van der Waals surface area (Å²) < 4.78 is 41.4. The van der Waals surface area contributed by atoms with E-state index in [1.165, 1.54) is 54.2 Å². The van der Waals surface area contributed by atoms with Crippen LogP contribution >= 0.6 is 0 Å². The maximum Gasteiger partial charge on any atom is 0.305 e. The topological polar surface area (TPSA) is 137 Å². The van der Waals surface area contributed by atoms with Crippen molar-refractivity contribution < 1.29 is 43.0 Å². The van der Waals surface area contributed by atoms with E-state index in [-0.39, 0.29) is 5.97 Å². The predicted molar refractivity (Wildman–Crippen MR) is 99.4 cm³/mol. The van der Waals surface area contributed by atoms with Crippen molar-refractivity contribution in [3.63, 3.8) is 0 Å². The maximum absolute atomic E-state index is 11.7. The lowest BCUT2D eigenvalue weighted by Crippen LogP contribution is -2.68. The van der Waals surface area contributed by atoms with E-state index in [0.29, 0.717) is 18.3 Å². The first-order valence-electron chi connectivity index (χ1n) is 10.1. The molecule has 1 N–H and O–H groups in total. The summed E-state index contributed by atoms with van der Waals surface area (Å²) in [5.41, 5.74) is 5.47. The molecule has 0 amide bonds. The number of H-pyrrole nitrogens is 1. The number of fused-ring (bicyclic) bond motifs is 4. The van der Waals surface area contributed by atoms with E-state index in [4.69, 9.17) is 23.4 Å². The number of methoxy groups -OCH3 is 1. The number of benzene rings is 1. The zero-order valence-electron chi connectivity index (χ0n) is 17.2. The molecule has 0 fully saturated rings. The monoisotopic (exact) mass is 438 g/mol. The number of rotatable bonds is 4. The molecule has 1 unspecified atom stereocenters. The molecular weight excluding hydrogens is 412 g/mol. The number of aromatic nitrogens is 1. The number of para-hydroxylation sites is 1. The molecule has 2 atom stereocenters. The van der Waals surface area contributed by atoms with Crippen LogP contribution in [0.3, 0.4) is 0 Å². The van der Waals surface area contributed by atoms with Crippen molar-refractivity contribution in [3.05, 3.63) is 35.5 Å². The minimum atomic E-state index is -4.94. The van der Waals surface area contributed by atoms with Gasteiger partial charge in [-0.3, -0.25) is 4.79 Å². The average Bonchev–Trinajstić information content (AvgIpc) is 3.09. The van der Waals surface area contributed by atoms with E-state index in [9.17, 15) is 4.79 Å². The molecule has 0 bridgehead atoms. The second-order valence-corrected chi connectivity index (χ2v) is 8.48. The largest absolute Gasteiger partial charge is 0.469 e. The van der Waals surface area contributed by atoms with Gasteiger partial charge in [-0.05, 0) is 25.3 Å². The quantitative estimate of drug-likeness (QED) is 0.484. The van der Waals surface area contributed by atoms with Gasteiger partial charge in [0.1, 0.15) is 18.8 Å². The molecule has 2 aliphatic rings. The Morgan fingerprint density at radius 3 is 2.60 bits per heavy atom. The van der Waals surface area contributed by atoms with Crippen molar-refractivity contribution in [2.24, 2.45) is 5.92 Å². The van der Waals surface area contributed by atoms with Crippen LogP contribution in [0.1, 0.15) is 56.2 Å². The number of carbonyl (C=O) groups excluding carboxylic acids is 1. The average molecular weight is 439 g/mol. The number of ether oxygens (including phenoxy) is 1. The van der Waals surface area contributed by atoms with Crippen LogP contribution in [0.4, 0.5) is 0 Å². The van der Waals surface area contributed by atoms with Gasteiger partial charge in [0.25, 0.3) is 0 Å². The summed E-state index contributed by atoms with van der Waals surface area (Å²) in [6.45, 7) is 4.46. The minimum Gasteiger partial charge on any atom is -0.469 e. The second-order valence-electron chi connectivity index (χ2n) is 7.73. The van der Waals surface area contributed by atoms with Gasteiger partial charge in [0.2, 0.25) is 5.71 Å². The molecular formula is C21H27ClN2O6. The lowest BCUT2D eigenvalue weighted by molar-refractivity contribution is -2.00. The molecule has 30 heavy (non-hydrogen) atoms. The lowest BCUT2D eigenvalue weighted by Gasteiger charge is -2.29. The van der Waals surface area contributed by atoms with Crippen molar-refractivity contribution in [1.82, 2.24) is 4.98 Å². The standard InChI is InChI=1S/C21H26N2O2.ClHO4/c1-3-14-7-6-12-23-13-15(10-11-18(24)25-2)19-16-8-4-5-9-17(16)22-20(19)21(14)23;2-1(3,4)5/h4-5,8-9,14-15H,3,6-7,10-13H2,1-2H3;(H,2,3,4,5)/t14-,15?;/m1./s1. The van der Waals surface area contributed by atoms with Crippen LogP contribution in [0.2, 0.25) is 0 Å². The number of halogens is 1. The Hall–Kier alpha value is -1.97. The highest BCUT2D eigenvalue weighted by atomic mass is 35.7. The molecule has 0 aliphatic carbocycles. The van der Waals surface area contributed by atoms with Crippen LogP contribution in [0.25, 0.3) is 10.9 Å². The summed E-state index contributed by atoms with van der Waals surface area (Å²) in [6.07, 6.45) is 5.07. The zero-order chi connectivity index (χ0) is 21.9. The number of aromatic amines is 1. The molecule has 164 valence electrons. The molecule has 2 aromatic rings. The summed E-state index contributed by atoms with van der Waals surface area (Å²) >= 11 is 0. The third kappa shape index (κ3) is 5.19. The Labute approximate surface area is 177 Å². The Balaban J connectivity index is 0.000000461. The number of hydrogen-bond donors (Lipinski definition) is 1. The highest BCUT2D eigenvalue weighted by molar-refractivity contribution is 6.05. The molecule has 1 aromatic carbocycles. The zero-order valence-corrected chi connectivity index (χ0v) is 17.9. The van der Waals surface area contributed by atoms with Gasteiger partial charge in [-0.2, -0.15) is 0 Å². The summed E-state index contributed by atoms with van der Waals surface area (Å²) in [5, 5.41) is 1.32. The first kappa shape index (κ1) is 22.7.